The second-order valence-electron chi connectivity index (χ2n) is 16.5. The Morgan fingerprint density at radius 2 is 1.72 bits per heavy atom. The minimum atomic E-state index is -2.83. The van der Waals surface area contributed by atoms with Crippen molar-refractivity contribution in [2.75, 3.05) is 39.8 Å². The Hall–Kier alpha value is -4.69. The Balaban J connectivity index is 1.55. The maximum absolute atomic E-state index is 14.8. The van der Waals surface area contributed by atoms with Crippen LogP contribution in [0.5, 0.6) is 0 Å². The van der Waals surface area contributed by atoms with Crippen molar-refractivity contribution in [3.63, 3.8) is 0 Å². The number of likely N-dealkylation sites (N-methyl/N-ethyl adjacent to an activating group) is 1. The van der Waals surface area contributed by atoms with Crippen LogP contribution in [0.15, 0.2) is 80.8 Å². The molecule has 3 atom stereocenters. The number of ether oxygens (including phenoxy) is 1. The first-order valence-electron chi connectivity index (χ1n) is 20.9. The Morgan fingerprint density at radius 1 is 1.02 bits per heavy atom. The molecule has 0 aliphatic carbocycles. The van der Waals surface area contributed by atoms with E-state index in [2.05, 4.69) is 31.9 Å². The van der Waals surface area contributed by atoms with Gasteiger partial charge in [0.15, 0.2) is 0 Å². The molecule has 0 radical (unpaired) electrons. The van der Waals surface area contributed by atoms with E-state index in [0.29, 0.717) is 38.1 Å². The number of aliphatic hydroxyl groups is 1. The molecule has 15 nitrogen and oxygen atoms in total. The van der Waals surface area contributed by atoms with E-state index in [4.69, 9.17) is 16.5 Å². The number of alkyl halides is 2. The van der Waals surface area contributed by atoms with Crippen molar-refractivity contribution in [1.29, 1.82) is 0 Å². The third-order valence-electron chi connectivity index (χ3n) is 10.6. The van der Waals surface area contributed by atoms with Crippen LogP contribution in [0.1, 0.15) is 64.0 Å². The van der Waals surface area contributed by atoms with E-state index in [1.807, 2.05) is 30.3 Å². The largest absolute Gasteiger partial charge is 0.464 e. The van der Waals surface area contributed by atoms with Gasteiger partial charge in [-0.1, -0.05) is 64.1 Å². The van der Waals surface area contributed by atoms with Crippen LogP contribution in [-0.4, -0.2) is 129 Å². The highest BCUT2D eigenvalue weighted by Crippen LogP contribution is 2.40. The first-order valence-corrected chi connectivity index (χ1v) is 22.9. The number of carboxylic acid groups (broad SMARTS) is 1. The Labute approximate surface area is 388 Å². The van der Waals surface area contributed by atoms with Crippen LogP contribution in [-0.2, 0) is 32.1 Å². The number of nitrogens with zero attached hydrogens (tertiary/aromatic N) is 4. The van der Waals surface area contributed by atoms with Crippen LogP contribution in [0.2, 0.25) is 0 Å². The minimum Gasteiger partial charge on any atom is -0.464 e. The smallest absolute Gasteiger partial charge is 0.416 e. The lowest BCUT2D eigenvalue weighted by molar-refractivity contribution is -0.142. The van der Waals surface area contributed by atoms with Gasteiger partial charge in [0.1, 0.15) is 17.7 Å². The highest BCUT2D eigenvalue weighted by molar-refractivity contribution is 9.12. The maximum Gasteiger partial charge on any atom is 0.416 e. The van der Waals surface area contributed by atoms with Gasteiger partial charge in [-0.2, -0.15) is 0 Å². The van der Waals surface area contributed by atoms with Gasteiger partial charge in [-0.25, -0.2) is 18.4 Å². The van der Waals surface area contributed by atoms with Gasteiger partial charge in [-0.15, -0.1) is 0 Å². The van der Waals surface area contributed by atoms with Gasteiger partial charge < -0.3 is 40.7 Å². The molecule has 348 valence electrons. The molecule has 0 bridgehead atoms. The molecule has 5 rings (SSSR count). The molecule has 2 aliphatic heterocycles. The summed E-state index contributed by atoms with van der Waals surface area (Å²) in [5.74, 6) is -1.78. The lowest BCUT2D eigenvalue weighted by Crippen LogP contribution is -2.57. The number of unbranched alkanes of at least 4 members (excludes halogenated alkanes) is 1. The van der Waals surface area contributed by atoms with E-state index in [9.17, 15) is 43.0 Å². The summed E-state index contributed by atoms with van der Waals surface area (Å²) >= 11 is 11.8. The SMILES string of the molecule is CN1C(=O)[C@H](CCCCN(CC(F)F)C(=O)OC(C)(C)C)NC(=O)[C@H](CCCO)NCc2ccccc2SC2=C(CNC(=O)[C@@H]1Cc1cn(C(=O)O)c3ccccc13)C(Br)=CCN2Cl. The molecule has 0 unspecified atom stereocenters. The fourth-order valence-corrected chi connectivity index (χ4v) is 9.39. The zero-order valence-corrected chi connectivity index (χ0v) is 39.3. The first-order chi connectivity index (χ1) is 30.4. The number of benzene rings is 2. The molecule has 20 heteroatoms. The Morgan fingerprint density at radius 3 is 2.42 bits per heavy atom. The van der Waals surface area contributed by atoms with Crippen LogP contribution in [0, 0.1) is 0 Å². The highest BCUT2D eigenvalue weighted by Gasteiger charge is 2.35. The van der Waals surface area contributed by atoms with Gasteiger partial charge in [0.2, 0.25) is 17.7 Å². The number of nitrogens with one attached hydrogen (secondary N) is 3. The molecule has 3 heterocycles. The average Bonchev–Trinajstić information content (AvgIpc) is 3.61. The molecule has 0 saturated carbocycles. The van der Waals surface area contributed by atoms with E-state index in [1.165, 1.54) is 34.3 Å². The van der Waals surface area contributed by atoms with Crippen LogP contribution < -0.4 is 16.0 Å². The van der Waals surface area contributed by atoms with Crippen LogP contribution in [0.4, 0.5) is 18.4 Å². The molecular formula is C44H55BrClF2N7O8S. The van der Waals surface area contributed by atoms with Crippen molar-refractivity contribution in [2.24, 2.45) is 0 Å². The van der Waals surface area contributed by atoms with Gasteiger partial charge in [0.05, 0.1) is 29.7 Å². The first kappa shape index (κ1) is 50.3. The number of thioether (sulfide) groups is 1. The molecule has 2 aliphatic rings. The van der Waals surface area contributed by atoms with Gasteiger partial charge in [-0.05, 0) is 82.2 Å². The summed E-state index contributed by atoms with van der Waals surface area (Å²) in [7, 11) is 1.43. The van der Waals surface area contributed by atoms with Crippen LogP contribution in [0.25, 0.3) is 10.9 Å². The number of halogens is 4. The lowest BCUT2D eigenvalue weighted by atomic mass is 10.0. The van der Waals surface area contributed by atoms with Gasteiger partial charge in [-0.3, -0.25) is 23.4 Å². The molecule has 1 aromatic heterocycles. The van der Waals surface area contributed by atoms with Gasteiger partial charge in [0, 0.05) is 78.0 Å². The summed E-state index contributed by atoms with van der Waals surface area (Å²) in [5.41, 5.74) is 1.41. The quantitative estimate of drug-likeness (QED) is 0.0949. The van der Waals surface area contributed by atoms with E-state index in [-0.39, 0.29) is 64.8 Å². The van der Waals surface area contributed by atoms with E-state index in [0.717, 1.165) is 19.9 Å². The number of hydrogen-bond acceptors (Lipinski definition) is 10. The van der Waals surface area contributed by atoms with Crippen LogP contribution >= 0.6 is 39.5 Å². The number of aromatic nitrogens is 1. The van der Waals surface area contributed by atoms with Crippen molar-refractivity contribution in [3.8, 4) is 0 Å². The maximum atomic E-state index is 14.8. The zero-order chi connectivity index (χ0) is 46.7. The van der Waals surface area contributed by atoms with Crippen molar-refractivity contribution < 1.29 is 47.7 Å². The Kier molecular flexibility index (Phi) is 18.1. The number of aliphatic hydroxyl groups excluding tert-OH is 1. The highest BCUT2D eigenvalue weighted by atomic mass is 79.9. The van der Waals surface area contributed by atoms with E-state index >= 15 is 0 Å². The third kappa shape index (κ3) is 13.4. The molecule has 0 spiro atoms. The number of carbonyl (C=O) groups is 5. The average molecular weight is 995 g/mol. The number of hydrogen-bond donors (Lipinski definition) is 5. The summed E-state index contributed by atoms with van der Waals surface area (Å²) in [4.78, 5) is 71.9. The molecule has 3 aromatic rings. The summed E-state index contributed by atoms with van der Waals surface area (Å²) in [6, 6.07) is 11.0. The molecule has 5 N–H and O–H groups in total. The monoisotopic (exact) mass is 993 g/mol. The second kappa shape index (κ2) is 23.0. The molecule has 0 saturated heterocycles. The predicted molar refractivity (Wildman–Crippen MR) is 244 cm³/mol. The second-order valence-corrected chi connectivity index (χ2v) is 18.8. The molecule has 64 heavy (non-hydrogen) atoms. The van der Waals surface area contributed by atoms with Gasteiger partial charge >= 0.3 is 12.2 Å². The summed E-state index contributed by atoms with van der Waals surface area (Å²) in [6.45, 7) is 4.25. The summed E-state index contributed by atoms with van der Waals surface area (Å²) in [6.07, 6.45) is -1.04. The minimum absolute atomic E-state index is 0.00977. The predicted octanol–water partition coefficient (Wildman–Crippen LogP) is 6.81. The van der Waals surface area contributed by atoms with Gasteiger partial charge in [0.25, 0.3) is 6.43 Å². The summed E-state index contributed by atoms with van der Waals surface area (Å²) < 4.78 is 35.8. The summed E-state index contributed by atoms with van der Waals surface area (Å²) in [5, 5.41) is 30.2. The molecular weight excluding hydrogens is 940 g/mol. The Bertz CT molecular complexity index is 2240. The third-order valence-corrected chi connectivity index (χ3v) is 13.1. The van der Waals surface area contributed by atoms with Crippen LogP contribution in [0.3, 0.4) is 0 Å². The lowest BCUT2D eigenvalue weighted by Gasteiger charge is -2.32. The molecule has 4 amide bonds. The zero-order valence-electron chi connectivity index (χ0n) is 36.1. The fourth-order valence-electron chi connectivity index (χ4n) is 7.40. The van der Waals surface area contributed by atoms with Crippen molar-refractivity contribution >= 4 is 80.3 Å². The number of fused-ring (bicyclic) bond motifs is 2. The number of para-hydroxylation sites is 1. The van der Waals surface area contributed by atoms with E-state index < -0.39 is 66.6 Å². The standard InChI is InChI=1S/C44H55BrClF2N7O8S/c1-44(2,3)63-43(62)53(26-37(47)48)19-10-9-14-33-40(59)52(4)35(22-28-25-54(42(60)61)34-16-7-6-13-29(28)34)39(58)50-24-30-31(45)18-20-55(46)41(30)64-36-17-8-5-12-27(36)23-49-32(15-11-21-56)38(57)51-33/h5-8,12-13,16-18,25,32-33,35,37,49,56H,9-11,14-15,19-24,26H2,1-4H3,(H,50,58)(H,51,57)(H,60,61)/t32-,33-,35-/m0/s1. The normalized spacial score (nSPS) is 19.4. The van der Waals surface area contributed by atoms with Crippen molar-refractivity contribution in [3.05, 3.63) is 87.0 Å². The topological polar surface area (TPSA) is 186 Å². The molecule has 0 fully saturated rings. The number of rotatable bonds is 12. The fraction of sp³-hybridized carbons (Fsp3) is 0.477. The number of carbonyl (C=O) groups excluding carboxylic acids is 4. The van der Waals surface area contributed by atoms with Crippen molar-refractivity contribution in [1.82, 2.24) is 34.7 Å². The van der Waals surface area contributed by atoms with E-state index in [1.54, 1.807) is 45.0 Å². The number of amides is 4. The van der Waals surface area contributed by atoms with Crippen molar-refractivity contribution in [2.45, 2.75) is 101 Å². The molecule has 2 aromatic carbocycles.